The number of nitrogens with zero attached hydrogens (tertiary/aromatic N) is 6. The summed E-state index contributed by atoms with van der Waals surface area (Å²) >= 11 is 0. The number of aromatic nitrogens is 4. The monoisotopic (exact) mass is 384 g/mol. The number of pyridine rings is 1. The molecule has 9 heteroatoms. The molecule has 0 bridgehead atoms. The van der Waals surface area contributed by atoms with Crippen molar-refractivity contribution in [1.29, 1.82) is 0 Å². The zero-order valence-electron chi connectivity index (χ0n) is 15.3. The number of β-amino-alcohol motifs (C(OH)–C–C–N with tert-alkyl or cyclic N) is 1. The maximum absolute atomic E-state index is 12.4. The summed E-state index contributed by atoms with van der Waals surface area (Å²) in [5.41, 5.74) is 1.09. The number of fused-ring (bicyclic) bond motifs is 1. The molecule has 0 aromatic carbocycles. The zero-order chi connectivity index (χ0) is 19.5. The molecule has 0 saturated carbocycles. The molecular formula is C19H21FN6O2. The summed E-state index contributed by atoms with van der Waals surface area (Å²) in [5, 5.41) is 13.5. The van der Waals surface area contributed by atoms with Gasteiger partial charge in [0, 0.05) is 38.6 Å². The summed E-state index contributed by atoms with van der Waals surface area (Å²) in [4.78, 5) is 24.4. The third-order valence-corrected chi connectivity index (χ3v) is 4.79. The Morgan fingerprint density at radius 1 is 1.18 bits per heavy atom. The molecule has 1 amide bonds. The molecule has 0 unspecified atom stereocenters. The Kier molecular flexibility index (Phi) is 5.16. The van der Waals surface area contributed by atoms with Crippen molar-refractivity contribution in [3.05, 3.63) is 54.4 Å². The van der Waals surface area contributed by atoms with Crippen LogP contribution in [0.1, 0.15) is 23.2 Å². The van der Waals surface area contributed by atoms with Crippen molar-refractivity contribution < 1.29 is 14.3 Å². The van der Waals surface area contributed by atoms with Crippen LogP contribution in [-0.4, -0.2) is 67.8 Å². The molecule has 5 rings (SSSR count). The fourth-order valence-corrected chi connectivity index (χ4v) is 3.27. The molecule has 2 fully saturated rings. The highest BCUT2D eigenvalue weighted by atomic mass is 19.1. The summed E-state index contributed by atoms with van der Waals surface area (Å²) < 4.78 is 13.5. The van der Waals surface area contributed by atoms with Crippen molar-refractivity contribution in [2.24, 2.45) is 0 Å². The Balaban J connectivity index is 0.000000233. The predicted molar refractivity (Wildman–Crippen MR) is 101 cm³/mol. The largest absolute Gasteiger partial charge is 0.389 e. The van der Waals surface area contributed by atoms with Gasteiger partial charge in [-0.1, -0.05) is 0 Å². The van der Waals surface area contributed by atoms with Crippen LogP contribution in [0.2, 0.25) is 0 Å². The van der Waals surface area contributed by atoms with Gasteiger partial charge in [-0.15, -0.1) is 0 Å². The average Bonchev–Trinajstić information content (AvgIpc) is 3.35. The highest BCUT2D eigenvalue weighted by molar-refractivity contribution is 6.00. The van der Waals surface area contributed by atoms with Crippen LogP contribution >= 0.6 is 0 Å². The molecule has 0 spiro atoms. The van der Waals surface area contributed by atoms with Gasteiger partial charge in [0.05, 0.1) is 18.5 Å². The van der Waals surface area contributed by atoms with Crippen molar-refractivity contribution in [2.45, 2.75) is 18.9 Å². The van der Waals surface area contributed by atoms with Crippen LogP contribution in [-0.2, 0) is 0 Å². The number of anilines is 1. The zero-order valence-corrected chi connectivity index (χ0v) is 15.3. The van der Waals surface area contributed by atoms with E-state index >= 15 is 0 Å². The molecule has 2 aliphatic rings. The van der Waals surface area contributed by atoms with Gasteiger partial charge >= 0.3 is 0 Å². The molecule has 5 heterocycles. The van der Waals surface area contributed by atoms with Crippen LogP contribution in [0.3, 0.4) is 0 Å². The maximum atomic E-state index is 12.4. The van der Waals surface area contributed by atoms with Crippen molar-refractivity contribution in [1.82, 2.24) is 24.5 Å². The van der Waals surface area contributed by atoms with Crippen molar-refractivity contribution in [3.8, 4) is 0 Å². The number of likely N-dealkylation sites (tertiary alicyclic amines) is 1. The van der Waals surface area contributed by atoms with E-state index in [1.54, 1.807) is 21.7 Å². The van der Waals surface area contributed by atoms with E-state index in [0.29, 0.717) is 24.3 Å². The minimum atomic E-state index is -0.399. The van der Waals surface area contributed by atoms with E-state index < -0.39 is 6.10 Å². The Morgan fingerprint density at radius 3 is 2.57 bits per heavy atom. The van der Waals surface area contributed by atoms with Gasteiger partial charge in [0.2, 0.25) is 0 Å². The van der Waals surface area contributed by atoms with Gasteiger partial charge in [0.15, 0.2) is 5.65 Å². The lowest BCUT2D eigenvalue weighted by Crippen LogP contribution is -2.53. The van der Waals surface area contributed by atoms with Crippen LogP contribution in [0.25, 0.3) is 5.65 Å². The number of hydrogen-bond donors (Lipinski definition) is 1. The third kappa shape index (κ3) is 3.79. The van der Waals surface area contributed by atoms with E-state index in [1.165, 1.54) is 31.3 Å². The third-order valence-electron chi connectivity index (χ3n) is 4.79. The molecule has 146 valence electrons. The fourth-order valence-electron chi connectivity index (χ4n) is 3.27. The number of carbonyl (C=O) groups excluding carboxylic acids is 1. The topological polar surface area (TPSA) is 86.9 Å². The maximum Gasteiger partial charge on any atom is 0.259 e. The lowest BCUT2D eigenvalue weighted by Gasteiger charge is -2.35. The van der Waals surface area contributed by atoms with Gasteiger partial charge in [-0.2, -0.15) is 5.10 Å². The first-order chi connectivity index (χ1) is 13.6. The smallest absolute Gasteiger partial charge is 0.259 e. The second-order valence-electron chi connectivity index (χ2n) is 6.84. The van der Waals surface area contributed by atoms with Gasteiger partial charge in [-0.05, 0) is 31.0 Å². The summed E-state index contributed by atoms with van der Waals surface area (Å²) in [6, 6.07) is 4.84. The molecule has 8 nitrogen and oxygen atoms in total. The van der Waals surface area contributed by atoms with E-state index in [9.17, 15) is 14.3 Å². The van der Waals surface area contributed by atoms with E-state index in [1.807, 2.05) is 12.3 Å². The minimum absolute atomic E-state index is 0.110. The van der Waals surface area contributed by atoms with E-state index in [-0.39, 0.29) is 11.7 Å². The molecular weight excluding hydrogens is 363 g/mol. The Bertz CT molecular complexity index is 951. The molecule has 0 atom stereocenters. The Labute approximate surface area is 161 Å². The quantitative estimate of drug-likeness (QED) is 0.718. The summed E-state index contributed by atoms with van der Waals surface area (Å²) in [6.45, 7) is 2.81. The number of carbonyl (C=O) groups is 1. The molecule has 28 heavy (non-hydrogen) atoms. The van der Waals surface area contributed by atoms with Crippen LogP contribution in [0, 0.1) is 5.82 Å². The SMILES string of the molecule is Fc1cccnc1.O=C(c1cnn2ccc(N3CCCC3)nc12)N1CC(O)C1. The number of amides is 1. The molecule has 3 aromatic heterocycles. The van der Waals surface area contributed by atoms with Crippen LogP contribution in [0.15, 0.2) is 43.0 Å². The van der Waals surface area contributed by atoms with Crippen molar-refractivity contribution in [3.63, 3.8) is 0 Å². The van der Waals surface area contributed by atoms with E-state index in [4.69, 9.17) is 0 Å². The van der Waals surface area contributed by atoms with Gasteiger partial charge in [-0.3, -0.25) is 9.78 Å². The molecule has 1 N–H and O–H groups in total. The Hall–Kier alpha value is -3.07. The fraction of sp³-hybridized carbons (Fsp3) is 0.368. The summed E-state index contributed by atoms with van der Waals surface area (Å²) in [7, 11) is 0. The first-order valence-electron chi connectivity index (χ1n) is 9.24. The molecule has 0 aliphatic carbocycles. The average molecular weight is 384 g/mol. The van der Waals surface area contributed by atoms with Crippen LogP contribution in [0.5, 0.6) is 0 Å². The highest BCUT2D eigenvalue weighted by Crippen LogP contribution is 2.21. The molecule has 2 saturated heterocycles. The van der Waals surface area contributed by atoms with Crippen molar-refractivity contribution >= 4 is 17.4 Å². The van der Waals surface area contributed by atoms with E-state index in [2.05, 4.69) is 20.0 Å². The van der Waals surface area contributed by atoms with Crippen molar-refractivity contribution in [2.75, 3.05) is 31.1 Å². The number of rotatable bonds is 2. The summed E-state index contributed by atoms with van der Waals surface area (Å²) in [5.74, 6) is 0.502. The molecule has 2 aliphatic heterocycles. The Morgan fingerprint density at radius 2 is 1.96 bits per heavy atom. The first kappa shape index (κ1) is 18.3. The van der Waals surface area contributed by atoms with Gasteiger partial charge in [0.25, 0.3) is 5.91 Å². The van der Waals surface area contributed by atoms with E-state index in [0.717, 1.165) is 18.9 Å². The van der Waals surface area contributed by atoms with Crippen LogP contribution < -0.4 is 4.90 Å². The second-order valence-corrected chi connectivity index (χ2v) is 6.84. The molecule has 3 aromatic rings. The van der Waals surface area contributed by atoms with Gasteiger partial charge in [0.1, 0.15) is 17.2 Å². The number of halogens is 1. The summed E-state index contributed by atoms with van der Waals surface area (Å²) in [6.07, 6.45) is 8.07. The lowest BCUT2D eigenvalue weighted by molar-refractivity contribution is 0.00601. The van der Waals surface area contributed by atoms with Gasteiger partial charge < -0.3 is 14.9 Å². The van der Waals surface area contributed by atoms with Crippen LogP contribution in [0.4, 0.5) is 10.2 Å². The standard InChI is InChI=1S/C14H17N5O2.C5H4FN/c20-10-8-18(9-10)14(21)11-7-15-19-6-3-12(16-13(11)19)17-4-1-2-5-17;6-5-2-1-3-7-4-5/h3,6-7,10,20H,1-2,4-5,8-9H2;1-4H. The first-order valence-corrected chi connectivity index (χ1v) is 9.24. The lowest BCUT2D eigenvalue weighted by atomic mass is 10.1. The second kappa shape index (κ2) is 7.89. The minimum Gasteiger partial charge on any atom is -0.389 e. The number of aliphatic hydroxyl groups is 1. The number of aliphatic hydroxyl groups excluding tert-OH is 1. The highest BCUT2D eigenvalue weighted by Gasteiger charge is 2.31. The predicted octanol–water partition coefficient (Wildman–Crippen LogP) is 1.37. The molecule has 0 radical (unpaired) electrons. The number of hydrogen-bond acceptors (Lipinski definition) is 6. The normalized spacial score (nSPS) is 16.6. The van der Waals surface area contributed by atoms with Gasteiger partial charge in [-0.25, -0.2) is 13.9 Å².